The van der Waals surface area contributed by atoms with Crippen LogP contribution in [-0.4, -0.2) is 18.0 Å². The van der Waals surface area contributed by atoms with Gasteiger partial charge in [0.05, 0.1) is 30.6 Å². The molecule has 3 aromatic heterocycles. The molecule has 176 valence electrons. The number of aromatic nitrogens is 1. The smallest absolute Gasteiger partial charge is 0.250 e. The van der Waals surface area contributed by atoms with Gasteiger partial charge < -0.3 is 13.4 Å². The van der Waals surface area contributed by atoms with Gasteiger partial charge in [0, 0.05) is 31.8 Å². The minimum absolute atomic E-state index is 0.0970. The molecule has 2 aliphatic heterocycles. The third kappa shape index (κ3) is 2.68. The number of nitrogens with zero attached hydrogens (tertiary/aromatic N) is 1. The van der Waals surface area contributed by atoms with Crippen molar-refractivity contribution in [3.05, 3.63) is 116 Å². The Hall–Kier alpha value is -4.28. The summed E-state index contributed by atoms with van der Waals surface area (Å²) in [5.74, 6) is 0. The van der Waals surface area contributed by atoms with E-state index in [0.717, 1.165) is 0 Å². The first-order valence-corrected chi connectivity index (χ1v) is 13.7. The number of hydrogen-bond acceptors (Lipinski definition) is 3. The average molecular weight is 503 g/mol. The molecule has 0 unspecified atom stereocenters. The highest BCUT2D eigenvalue weighted by Crippen LogP contribution is 2.35. The van der Waals surface area contributed by atoms with Crippen molar-refractivity contribution in [3.63, 3.8) is 0 Å². The Bertz CT molecular complexity index is 2020. The van der Waals surface area contributed by atoms with E-state index in [2.05, 4.69) is 95.6 Å². The highest BCUT2D eigenvalue weighted by molar-refractivity contribution is 8.00. The zero-order chi connectivity index (χ0) is 24.8. The SMILES string of the molecule is c1ccc2c(c1)Sc1cc3c(cc1B2c1ccoc1)-n1c2ccccc2c2cccc(c21)B3c1ccoc1. The molecule has 0 fully saturated rings. The number of para-hydroxylation sites is 2. The summed E-state index contributed by atoms with van der Waals surface area (Å²) in [6.45, 7) is 0.216. The molecular formula is C32H19B2NO2S. The molecule has 0 atom stereocenters. The third-order valence-electron chi connectivity index (χ3n) is 8.26. The first-order chi connectivity index (χ1) is 18.9. The van der Waals surface area contributed by atoms with Gasteiger partial charge in [0.1, 0.15) is 0 Å². The van der Waals surface area contributed by atoms with E-state index in [1.54, 1.807) is 12.5 Å². The third-order valence-corrected chi connectivity index (χ3v) is 9.43. The largest absolute Gasteiger partial charge is 0.473 e. The summed E-state index contributed by atoms with van der Waals surface area (Å²) in [7, 11) is 0. The standard InChI is InChI=1S/C32H19B2NO2S/c1-3-10-28-22(6-1)23-7-5-9-25-32(23)35(28)29-16-27-31(17-26(29)34(25)21-13-15-37-19-21)38-30-11-4-2-8-24(30)33(27)20-12-14-36-18-20/h1-19H. The highest BCUT2D eigenvalue weighted by atomic mass is 32.2. The van der Waals surface area contributed by atoms with Crippen molar-refractivity contribution in [3.8, 4) is 5.69 Å². The lowest BCUT2D eigenvalue weighted by molar-refractivity contribution is 0.569. The molecule has 0 radical (unpaired) electrons. The summed E-state index contributed by atoms with van der Waals surface area (Å²) in [5, 5.41) is 2.58. The second kappa shape index (κ2) is 7.62. The van der Waals surface area contributed by atoms with Crippen LogP contribution in [0.15, 0.2) is 135 Å². The molecule has 0 saturated heterocycles. The molecule has 9 rings (SSSR count). The highest BCUT2D eigenvalue weighted by Gasteiger charge is 2.38. The van der Waals surface area contributed by atoms with E-state index >= 15 is 0 Å². The van der Waals surface area contributed by atoms with Crippen molar-refractivity contribution in [1.82, 2.24) is 4.57 Å². The predicted octanol–water partition coefficient (Wildman–Crippen LogP) is 3.78. The predicted molar refractivity (Wildman–Crippen MR) is 158 cm³/mol. The summed E-state index contributed by atoms with van der Waals surface area (Å²) < 4.78 is 13.7. The Kier molecular flexibility index (Phi) is 4.16. The maximum Gasteiger partial charge on any atom is 0.250 e. The molecule has 6 heteroatoms. The number of fused-ring (bicyclic) bond motifs is 7. The van der Waals surface area contributed by atoms with Gasteiger partial charge in [-0.25, -0.2) is 0 Å². The van der Waals surface area contributed by atoms with Crippen LogP contribution >= 0.6 is 11.8 Å². The van der Waals surface area contributed by atoms with Crippen molar-refractivity contribution in [2.24, 2.45) is 0 Å². The molecule has 38 heavy (non-hydrogen) atoms. The summed E-state index contributed by atoms with van der Waals surface area (Å²) in [6.07, 6.45) is 7.37. The molecule has 0 saturated carbocycles. The summed E-state index contributed by atoms with van der Waals surface area (Å²) in [6, 6.07) is 33.4. The Labute approximate surface area is 224 Å². The van der Waals surface area contributed by atoms with E-state index in [1.165, 1.54) is 70.1 Å². The second-order valence-corrected chi connectivity index (χ2v) is 11.2. The van der Waals surface area contributed by atoms with Crippen LogP contribution in [0.25, 0.3) is 27.5 Å². The maximum atomic E-state index is 5.63. The van der Waals surface area contributed by atoms with E-state index in [-0.39, 0.29) is 13.4 Å². The Morgan fingerprint density at radius 3 is 2.11 bits per heavy atom. The van der Waals surface area contributed by atoms with Crippen LogP contribution in [-0.2, 0) is 0 Å². The molecule has 0 aliphatic carbocycles. The van der Waals surface area contributed by atoms with Crippen molar-refractivity contribution in [2.75, 3.05) is 0 Å². The van der Waals surface area contributed by atoms with Gasteiger partial charge >= 0.3 is 0 Å². The number of benzene rings is 4. The molecule has 3 nitrogen and oxygen atoms in total. The fourth-order valence-corrected chi connectivity index (χ4v) is 7.90. The van der Waals surface area contributed by atoms with E-state index in [9.17, 15) is 0 Å². The molecule has 2 aliphatic rings. The Morgan fingerprint density at radius 2 is 1.29 bits per heavy atom. The topological polar surface area (TPSA) is 31.2 Å². The minimum Gasteiger partial charge on any atom is -0.473 e. The minimum atomic E-state index is 0.0970. The molecular weight excluding hydrogens is 484 g/mol. The van der Waals surface area contributed by atoms with Gasteiger partial charge in [-0.1, -0.05) is 83.4 Å². The van der Waals surface area contributed by atoms with Crippen LogP contribution in [0.4, 0.5) is 0 Å². The van der Waals surface area contributed by atoms with E-state index < -0.39 is 0 Å². The molecule has 0 amide bonds. The summed E-state index contributed by atoms with van der Waals surface area (Å²) in [4.78, 5) is 2.60. The van der Waals surface area contributed by atoms with E-state index in [4.69, 9.17) is 8.83 Å². The van der Waals surface area contributed by atoms with Crippen LogP contribution in [0.3, 0.4) is 0 Å². The Balaban J connectivity index is 1.42. The lowest BCUT2D eigenvalue weighted by Gasteiger charge is -2.31. The van der Waals surface area contributed by atoms with Crippen LogP contribution in [0, 0.1) is 0 Å². The number of hydrogen-bond donors (Lipinski definition) is 0. The summed E-state index contributed by atoms with van der Waals surface area (Å²) in [5.41, 5.74) is 11.4. The quantitative estimate of drug-likeness (QED) is 0.337. The molecule has 5 heterocycles. The van der Waals surface area contributed by atoms with Crippen LogP contribution in [0.2, 0.25) is 0 Å². The monoisotopic (exact) mass is 503 g/mol. The van der Waals surface area contributed by atoms with E-state index in [0.29, 0.717) is 0 Å². The number of rotatable bonds is 2. The van der Waals surface area contributed by atoms with Gasteiger partial charge in [0.15, 0.2) is 0 Å². The molecule has 0 N–H and O–H groups in total. The maximum absolute atomic E-state index is 5.63. The van der Waals surface area contributed by atoms with E-state index in [1.807, 2.05) is 24.3 Å². The zero-order valence-electron chi connectivity index (χ0n) is 20.3. The Morgan fingerprint density at radius 1 is 0.579 bits per heavy atom. The first-order valence-electron chi connectivity index (χ1n) is 12.9. The van der Waals surface area contributed by atoms with Gasteiger partial charge in [0.2, 0.25) is 6.71 Å². The van der Waals surface area contributed by atoms with Gasteiger partial charge in [0.25, 0.3) is 6.71 Å². The van der Waals surface area contributed by atoms with Crippen molar-refractivity contribution in [2.45, 2.75) is 9.79 Å². The van der Waals surface area contributed by atoms with Gasteiger partial charge in [-0.2, -0.15) is 0 Å². The fourth-order valence-electron chi connectivity index (χ4n) is 6.73. The molecule has 0 bridgehead atoms. The fraction of sp³-hybridized carbons (Fsp3) is 0. The molecule has 0 spiro atoms. The van der Waals surface area contributed by atoms with Crippen LogP contribution in [0.1, 0.15) is 0 Å². The lowest BCUT2D eigenvalue weighted by atomic mass is 9.34. The normalized spacial score (nSPS) is 13.6. The molecule has 7 aromatic rings. The first kappa shape index (κ1) is 20.7. The van der Waals surface area contributed by atoms with Crippen LogP contribution < -0.4 is 32.8 Å². The average Bonchev–Trinajstić information content (AvgIpc) is 3.73. The van der Waals surface area contributed by atoms with Crippen molar-refractivity contribution in [1.29, 1.82) is 0 Å². The van der Waals surface area contributed by atoms with Crippen molar-refractivity contribution < 1.29 is 8.83 Å². The van der Waals surface area contributed by atoms with Crippen LogP contribution in [0.5, 0.6) is 0 Å². The zero-order valence-corrected chi connectivity index (χ0v) is 21.1. The van der Waals surface area contributed by atoms with Gasteiger partial charge in [-0.15, -0.1) is 0 Å². The lowest BCUT2D eigenvalue weighted by Crippen LogP contribution is -2.59. The van der Waals surface area contributed by atoms with Gasteiger partial charge in [-0.3, -0.25) is 0 Å². The molecule has 4 aromatic carbocycles. The van der Waals surface area contributed by atoms with Gasteiger partial charge in [-0.05, 0) is 52.2 Å². The van der Waals surface area contributed by atoms with Crippen molar-refractivity contribution >= 4 is 79.8 Å². The summed E-state index contributed by atoms with van der Waals surface area (Å²) >= 11 is 1.87. The second-order valence-electron chi connectivity index (χ2n) is 10.2. The number of furan rings is 2.